The summed E-state index contributed by atoms with van der Waals surface area (Å²) in [4.78, 5) is 0. The molecule has 96 valence electrons. The van der Waals surface area contributed by atoms with Crippen molar-refractivity contribution in [1.29, 1.82) is 0 Å². The molecule has 1 aromatic heterocycles. The van der Waals surface area contributed by atoms with Crippen molar-refractivity contribution in [1.82, 2.24) is 5.32 Å². The van der Waals surface area contributed by atoms with Gasteiger partial charge in [-0.3, -0.25) is 0 Å². The standard InChI is InChI=1S/C14H23NS2/c1-2-15-12-8-5-3-4-6-9-13(12)17-14-10-7-11-16-14/h7,10-13,15H,2-6,8-9H2,1H3. The lowest BCUT2D eigenvalue weighted by molar-refractivity contribution is 0.406. The summed E-state index contributed by atoms with van der Waals surface area (Å²) in [6.07, 6.45) is 8.40. The Bertz CT molecular complexity index is 297. The summed E-state index contributed by atoms with van der Waals surface area (Å²) in [5, 5.41) is 6.66. The molecule has 0 amide bonds. The first-order valence-electron chi connectivity index (χ1n) is 6.83. The number of thiophene rings is 1. The molecule has 0 bridgehead atoms. The van der Waals surface area contributed by atoms with E-state index in [1.54, 1.807) is 0 Å². The number of hydrogen-bond donors (Lipinski definition) is 1. The minimum absolute atomic E-state index is 0.715. The van der Waals surface area contributed by atoms with E-state index >= 15 is 0 Å². The van der Waals surface area contributed by atoms with Gasteiger partial charge in [0.25, 0.3) is 0 Å². The Kier molecular flexibility index (Phi) is 5.89. The largest absolute Gasteiger partial charge is 0.313 e. The van der Waals surface area contributed by atoms with Gasteiger partial charge in [-0.05, 0) is 30.8 Å². The zero-order chi connectivity index (χ0) is 11.9. The number of nitrogens with one attached hydrogen (secondary N) is 1. The predicted octanol–water partition coefficient (Wildman–Crippen LogP) is 4.54. The van der Waals surface area contributed by atoms with Gasteiger partial charge in [-0.15, -0.1) is 23.1 Å². The molecule has 1 aromatic rings. The van der Waals surface area contributed by atoms with Crippen LogP contribution in [0.25, 0.3) is 0 Å². The van der Waals surface area contributed by atoms with Crippen LogP contribution in [0.5, 0.6) is 0 Å². The van der Waals surface area contributed by atoms with Crippen molar-refractivity contribution >= 4 is 23.1 Å². The summed E-state index contributed by atoms with van der Waals surface area (Å²) >= 11 is 3.98. The quantitative estimate of drug-likeness (QED) is 0.861. The average molecular weight is 269 g/mol. The zero-order valence-electron chi connectivity index (χ0n) is 10.7. The van der Waals surface area contributed by atoms with Gasteiger partial charge < -0.3 is 5.32 Å². The van der Waals surface area contributed by atoms with Crippen molar-refractivity contribution in [3.63, 3.8) is 0 Å². The molecule has 0 aromatic carbocycles. The van der Waals surface area contributed by atoms with Crippen LogP contribution < -0.4 is 5.32 Å². The van der Waals surface area contributed by atoms with Crippen molar-refractivity contribution in [2.75, 3.05) is 6.54 Å². The Hall–Kier alpha value is 0.01000. The number of thioether (sulfide) groups is 1. The highest BCUT2D eigenvalue weighted by atomic mass is 32.2. The first-order valence-corrected chi connectivity index (χ1v) is 8.59. The molecule has 1 aliphatic rings. The second-order valence-corrected chi connectivity index (χ2v) is 7.23. The fraction of sp³-hybridized carbons (Fsp3) is 0.714. The molecule has 1 fully saturated rings. The SMILES string of the molecule is CCNC1CCCCCCC1Sc1cccs1. The third-order valence-corrected chi connectivity index (χ3v) is 5.91. The van der Waals surface area contributed by atoms with Gasteiger partial charge in [-0.1, -0.05) is 38.7 Å². The molecule has 2 atom stereocenters. The summed E-state index contributed by atoms with van der Waals surface area (Å²) in [5.74, 6) is 0. The number of rotatable bonds is 4. The lowest BCUT2D eigenvalue weighted by Crippen LogP contribution is -2.38. The molecule has 0 spiro atoms. The van der Waals surface area contributed by atoms with Crippen molar-refractivity contribution in [2.45, 2.75) is 60.9 Å². The van der Waals surface area contributed by atoms with Crippen LogP contribution in [0, 0.1) is 0 Å². The van der Waals surface area contributed by atoms with Gasteiger partial charge in [-0.25, -0.2) is 0 Å². The molecule has 1 aliphatic carbocycles. The minimum atomic E-state index is 0.715. The molecule has 0 radical (unpaired) electrons. The van der Waals surface area contributed by atoms with E-state index in [0.29, 0.717) is 6.04 Å². The van der Waals surface area contributed by atoms with Crippen LogP contribution in [0.2, 0.25) is 0 Å². The van der Waals surface area contributed by atoms with Gasteiger partial charge in [0.1, 0.15) is 0 Å². The summed E-state index contributed by atoms with van der Waals surface area (Å²) in [6, 6.07) is 5.14. The zero-order valence-corrected chi connectivity index (χ0v) is 12.3. The highest BCUT2D eigenvalue weighted by Crippen LogP contribution is 2.34. The van der Waals surface area contributed by atoms with Crippen molar-refractivity contribution in [2.24, 2.45) is 0 Å². The molecular formula is C14H23NS2. The lowest BCUT2D eigenvalue weighted by atomic mass is 9.96. The van der Waals surface area contributed by atoms with E-state index in [-0.39, 0.29) is 0 Å². The highest BCUT2D eigenvalue weighted by molar-refractivity contribution is 8.01. The first-order chi connectivity index (χ1) is 8.40. The second kappa shape index (κ2) is 7.45. The van der Waals surface area contributed by atoms with Crippen molar-refractivity contribution in [3.8, 4) is 0 Å². The van der Waals surface area contributed by atoms with Crippen LogP contribution in [0.15, 0.2) is 21.7 Å². The van der Waals surface area contributed by atoms with E-state index < -0.39 is 0 Å². The first kappa shape index (κ1) is 13.4. The molecule has 1 saturated carbocycles. The summed E-state index contributed by atoms with van der Waals surface area (Å²) < 4.78 is 1.48. The molecule has 1 N–H and O–H groups in total. The Morgan fingerprint density at radius 1 is 1.29 bits per heavy atom. The molecule has 2 unspecified atom stereocenters. The average Bonchev–Trinajstić information content (AvgIpc) is 2.80. The molecule has 3 heteroatoms. The Balaban J connectivity index is 1.96. The highest BCUT2D eigenvalue weighted by Gasteiger charge is 2.23. The Morgan fingerprint density at radius 3 is 2.82 bits per heavy atom. The lowest BCUT2D eigenvalue weighted by Gasteiger charge is -2.29. The van der Waals surface area contributed by atoms with Crippen LogP contribution in [-0.2, 0) is 0 Å². The van der Waals surface area contributed by atoms with Crippen LogP contribution >= 0.6 is 23.1 Å². The van der Waals surface area contributed by atoms with Crippen molar-refractivity contribution < 1.29 is 0 Å². The monoisotopic (exact) mass is 269 g/mol. The molecule has 1 heterocycles. The topological polar surface area (TPSA) is 12.0 Å². The van der Waals surface area contributed by atoms with Crippen LogP contribution in [0.1, 0.15) is 45.4 Å². The van der Waals surface area contributed by atoms with Crippen LogP contribution in [0.3, 0.4) is 0 Å². The molecular weight excluding hydrogens is 246 g/mol. The Morgan fingerprint density at radius 2 is 2.12 bits per heavy atom. The van der Waals surface area contributed by atoms with Gasteiger partial charge >= 0.3 is 0 Å². The van der Waals surface area contributed by atoms with Gasteiger partial charge in [0.15, 0.2) is 0 Å². The molecule has 17 heavy (non-hydrogen) atoms. The predicted molar refractivity (Wildman–Crippen MR) is 79.1 cm³/mol. The van der Waals surface area contributed by atoms with Crippen molar-refractivity contribution in [3.05, 3.63) is 17.5 Å². The van der Waals surface area contributed by atoms with Gasteiger partial charge in [0.2, 0.25) is 0 Å². The normalized spacial score (nSPS) is 26.4. The van der Waals surface area contributed by atoms with E-state index in [4.69, 9.17) is 0 Å². The van der Waals surface area contributed by atoms with Crippen LogP contribution in [0.4, 0.5) is 0 Å². The molecule has 0 aliphatic heterocycles. The molecule has 1 nitrogen and oxygen atoms in total. The maximum atomic E-state index is 3.70. The fourth-order valence-electron chi connectivity index (χ4n) is 2.57. The summed E-state index contributed by atoms with van der Waals surface area (Å²) in [5.41, 5.74) is 0. The third-order valence-electron chi connectivity index (χ3n) is 3.43. The molecule has 2 rings (SSSR count). The maximum Gasteiger partial charge on any atom is 0.0601 e. The van der Waals surface area contributed by atoms with E-state index in [1.165, 1.54) is 42.7 Å². The second-order valence-electron chi connectivity index (χ2n) is 4.74. The fourth-order valence-corrected chi connectivity index (χ4v) is 4.91. The maximum absolute atomic E-state index is 3.70. The van der Waals surface area contributed by atoms with E-state index in [0.717, 1.165) is 11.8 Å². The minimum Gasteiger partial charge on any atom is -0.313 e. The van der Waals surface area contributed by atoms with Gasteiger partial charge in [0.05, 0.1) is 4.21 Å². The summed E-state index contributed by atoms with van der Waals surface area (Å²) in [6.45, 7) is 3.33. The number of hydrogen-bond acceptors (Lipinski definition) is 3. The third kappa shape index (κ3) is 4.31. The Labute approximate surface area is 113 Å². The summed E-state index contributed by atoms with van der Waals surface area (Å²) in [7, 11) is 0. The smallest absolute Gasteiger partial charge is 0.0601 e. The van der Waals surface area contributed by atoms with E-state index in [1.807, 2.05) is 11.3 Å². The van der Waals surface area contributed by atoms with Gasteiger partial charge in [0, 0.05) is 11.3 Å². The van der Waals surface area contributed by atoms with Crippen LogP contribution in [-0.4, -0.2) is 17.8 Å². The van der Waals surface area contributed by atoms with E-state index in [2.05, 4.69) is 41.5 Å². The van der Waals surface area contributed by atoms with E-state index in [9.17, 15) is 0 Å². The molecule has 0 saturated heterocycles. The van der Waals surface area contributed by atoms with Gasteiger partial charge in [-0.2, -0.15) is 0 Å².